The van der Waals surface area contributed by atoms with Crippen LogP contribution < -0.4 is 10.6 Å². The number of nitrogens with one attached hydrogen (secondary N) is 2. The van der Waals surface area contributed by atoms with Gasteiger partial charge in [-0.15, -0.1) is 11.3 Å². The molecule has 0 aliphatic rings. The highest BCUT2D eigenvalue weighted by Gasteiger charge is 2.04. The Labute approximate surface area is 118 Å². The first kappa shape index (κ1) is 13.0. The Morgan fingerprint density at radius 1 is 1.50 bits per heavy atom. The van der Waals surface area contributed by atoms with Crippen LogP contribution in [0.5, 0.6) is 0 Å². The van der Waals surface area contributed by atoms with Crippen molar-refractivity contribution in [1.82, 2.24) is 4.98 Å². The van der Waals surface area contributed by atoms with Crippen LogP contribution >= 0.6 is 27.3 Å². The number of nitrogens with zero attached hydrogens (tertiary/aromatic N) is 1. The molecular weight excluding hydrogens is 314 g/mol. The maximum atomic E-state index is 11.7. The van der Waals surface area contributed by atoms with Crippen LogP contribution in [0.1, 0.15) is 5.56 Å². The SMILES string of the molecule is Cc1ccc(NC(=O)CNc2nccs2)cc1Br. The van der Waals surface area contributed by atoms with Crippen LogP contribution in [-0.2, 0) is 4.79 Å². The van der Waals surface area contributed by atoms with Gasteiger partial charge in [0.05, 0.1) is 6.54 Å². The summed E-state index contributed by atoms with van der Waals surface area (Å²) in [6, 6.07) is 5.71. The van der Waals surface area contributed by atoms with E-state index in [2.05, 4.69) is 31.5 Å². The van der Waals surface area contributed by atoms with Crippen LogP contribution in [0.25, 0.3) is 0 Å². The van der Waals surface area contributed by atoms with E-state index in [0.29, 0.717) is 0 Å². The number of amides is 1. The number of aryl methyl sites for hydroxylation is 1. The van der Waals surface area contributed by atoms with E-state index >= 15 is 0 Å². The molecule has 1 aromatic heterocycles. The van der Waals surface area contributed by atoms with E-state index in [4.69, 9.17) is 0 Å². The Bertz CT molecular complexity index is 542. The molecule has 2 aromatic rings. The zero-order valence-corrected chi connectivity index (χ0v) is 12.1. The summed E-state index contributed by atoms with van der Waals surface area (Å²) in [5.41, 5.74) is 1.91. The van der Waals surface area contributed by atoms with Gasteiger partial charge in [0.1, 0.15) is 0 Å². The van der Waals surface area contributed by atoms with E-state index in [9.17, 15) is 4.79 Å². The molecule has 2 N–H and O–H groups in total. The molecule has 0 radical (unpaired) electrons. The predicted molar refractivity (Wildman–Crippen MR) is 78.1 cm³/mol. The van der Waals surface area contributed by atoms with Crippen molar-refractivity contribution in [3.63, 3.8) is 0 Å². The van der Waals surface area contributed by atoms with Gasteiger partial charge < -0.3 is 10.6 Å². The molecule has 6 heteroatoms. The quantitative estimate of drug-likeness (QED) is 0.907. The van der Waals surface area contributed by atoms with Gasteiger partial charge in [0.25, 0.3) is 0 Å². The Morgan fingerprint density at radius 2 is 2.33 bits per heavy atom. The lowest BCUT2D eigenvalue weighted by Crippen LogP contribution is -2.21. The molecule has 0 spiro atoms. The molecular formula is C12H12BrN3OS. The van der Waals surface area contributed by atoms with Crippen LogP contribution in [0.2, 0.25) is 0 Å². The normalized spacial score (nSPS) is 10.1. The monoisotopic (exact) mass is 325 g/mol. The topological polar surface area (TPSA) is 54.0 Å². The molecule has 0 aliphatic carbocycles. The second-order valence-corrected chi connectivity index (χ2v) is 5.45. The molecule has 0 saturated carbocycles. The van der Waals surface area contributed by atoms with Crippen molar-refractivity contribution < 1.29 is 4.79 Å². The summed E-state index contributed by atoms with van der Waals surface area (Å²) in [7, 11) is 0. The Hall–Kier alpha value is -1.40. The summed E-state index contributed by atoms with van der Waals surface area (Å²) in [4.78, 5) is 15.7. The molecule has 0 saturated heterocycles. The van der Waals surface area contributed by atoms with E-state index in [1.54, 1.807) is 6.20 Å². The van der Waals surface area contributed by atoms with Gasteiger partial charge in [-0.25, -0.2) is 4.98 Å². The van der Waals surface area contributed by atoms with Gasteiger partial charge in [-0.1, -0.05) is 22.0 Å². The van der Waals surface area contributed by atoms with Gasteiger partial charge in [0, 0.05) is 21.7 Å². The van der Waals surface area contributed by atoms with E-state index in [1.807, 2.05) is 30.5 Å². The fourth-order valence-electron chi connectivity index (χ4n) is 1.34. The van der Waals surface area contributed by atoms with E-state index in [-0.39, 0.29) is 12.5 Å². The van der Waals surface area contributed by atoms with Crippen LogP contribution in [0.3, 0.4) is 0 Å². The maximum absolute atomic E-state index is 11.7. The standard InChI is InChI=1S/C12H12BrN3OS/c1-8-2-3-9(6-10(8)13)16-11(17)7-15-12-14-4-5-18-12/h2-6H,7H2,1H3,(H,14,15)(H,16,17). The predicted octanol–water partition coefficient (Wildman–Crippen LogP) is 3.26. The van der Waals surface area contributed by atoms with E-state index < -0.39 is 0 Å². The lowest BCUT2D eigenvalue weighted by Gasteiger charge is -2.07. The van der Waals surface area contributed by atoms with Crippen molar-refractivity contribution in [3.8, 4) is 0 Å². The van der Waals surface area contributed by atoms with Gasteiger partial charge in [-0.2, -0.15) is 0 Å². The van der Waals surface area contributed by atoms with Gasteiger partial charge >= 0.3 is 0 Å². The van der Waals surface area contributed by atoms with Crippen molar-refractivity contribution in [2.75, 3.05) is 17.2 Å². The van der Waals surface area contributed by atoms with Gasteiger partial charge in [0.2, 0.25) is 5.91 Å². The molecule has 0 fully saturated rings. The summed E-state index contributed by atoms with van der Waals surface area (Å²) in [6.45, 7) is 2.21. The molecule has 4 nitrogen and oxygen atoms in total. The Balaban J connectivity index is 1.88. The molecule has 0 atom stereocenters. The third kappa shape index (κ3) is 3.54. The zero-order valence-electron chi connectivity index (χ0n) is 9.74. The lowest BCUT2D eigenvalue weighted by molar-refractivity contribution is -0.114. The van der Waals surface area contributed by atoms with E-state index in [0.717, 1.165) is 20.9 Å². The zero-order chi connectivity index (χ0) is 13.0. The summed E-state index contributed by atoms with van der Waals surface area (Å²) in [5.74, 6) is -0.0963. The summed E-state index contributed by atoms with van der Waals surface area (Å²) < 4.78 is 0.980. The number of carbonyl (C=O) groups excluding carboxylic acids is 1. The number of anilines is 2. The average molecular weight is 326 g/mol. The van der Waals surface area contributed by atoms with Crippen LogP contribution in [0.15, 0.2) is 34.2 Å². The summed E-state index contributed by atoms with van der Waals surface area (Å²) in [5, 5.41) is 8.38. The van der Waals surface area contributed by atoms with Gasteiger partial charge in [0.15, 0.2) is 5.13 Å². The van der Waals surface area contributed by atoms with Crippen molar-refractivity contribution in [3.05, 3.63) is 39.8 Å². The molecule has 0 unspecified atom stereocenters. The number of hydrogen-bond donors (Lipinski definition) is 2. The molecule has 1 aromatic carbocycles. The lowest BCUT2D eigenvalue weighted by atomic mass is 10.2. The smallest absolute Gasteiger partial charge is 0.243 e. The molecule has 0 bridgehead atoms. The van der Waals surface area contributed by atoms with E-state index in [1.165, 1.54) is 11.3 Å². The molecule has 18 heavy (non-hydrogen) atoms. The van der Waals surface area contributed by atoms with Gasteiger partial charge in [-0.05, 0) is 24.6 Å². The van der Waals surface area contributed by atoms with Crippen molar-refractivity contribution in [2.24, 2.45) is 0 Å². The Morgan fingerprint density at radius 3 is 3.00 bits per heavy atom. The highest BCUT2D eigenvalue weighted by Crippen LogP contribution is 2.20. The Kier molecular flexibility index (Phi) is 4.33. The van der Waals surface area contributed by atoms with Crippen LogP contribution in [0.4, 0.5) is 10.8 Å². The van der Waals surface area contributed by atoms with Crippen LogP contribution in [0, 0.1) is 6.92 Å². The number of hydrogen-bond acceptors (Lipinski definition) is 4. The summed E-state index contributed by atoms with van der Waals surface area (Å²) in [6.07, 6.45) is 1.70. The first-order chi connectivity index (χ1) is 8.65. The largest absolute Gasteiger partial charge is 0.352 e. The average Bonchev–Trinajstić information content (AvgIpc) is 2.84. The minimum absolute atomic E-state index is 0.0963. The third-order valence-electron chi connectivity index (χ3n) is 2.29. The highest BCUT2D eigenvalue weighted by molar-refractivity contribution is 9.10. The number of aromatic nitrogens is 1. The van der Waals surface area contributed by atoms with Crippen molar-refractivity contribution in [2.45, 2.75) is 6.92 Å². The second-order valence-electron chi connectivity index (χ2n) is 3.70. The van der Waals surface area contributed by atoms with Gasteiger partial charge in [-0.3, -0.25) is 4.79 Å². The molecule has 94 valence electrons. The first-order valence-electron chi connectivity index (χ1n) is 5.34. The number of benzene rings is 1. The fourth-order valence-corrected chi connectivity index (χ4v) is 2.25. The minimum atomic E-state index is -0.0963. The second kappa shape index (κ2) is 5.97. The third-order valence-corrected chi connectivity index (χ3v) is 3.87. The summed E-state index contributed by atoms with van der Waals surface area (Å²) >= 11 is 4.90. The maximum Gasteiger partial charge on any atom is 0.243 e. The van der Waals surface area contributed by atoms with Crippen molar-refractivity contribution >= 4 is 44.0 Å². The molecule has 0 aliphatic heterocycles. The van der Waals surface area contributed by atoms with Crippen molar-refractivity contribution in [1.29, 1.82) is 0 Å². The number of halogens is 1. The number of rotatable bonds is 4. The molecule has 1 amide bonds. The molecule has 1 heterocycles. The first-order valence-corrected chi connectivity index (χ1v) is 7.02. The van der Waals surface area contributed by atoms with Crippen LogP contribution in [-0.4, -0.2) is 17.4 Å². The fraction of sp³-hybridized carbons (Fsp3) is 0.167. The highest BCUT2D eigenvalue weighted by atomic mass is 79.9. The minimum Gasteiger partial charge on any atom is -0.352 e. The number of thiazole rings is 1. The molecule has 2 rings (SSSR count). The number of carbonyl (C=O) groups is 1.